The van der Waals surface area contributed by atoms with E-state index in [9.17, 15) is 0 Å². The van der Waals surface area contributed by atoms with E-state index in [1.165, 1.54) is 56.1 Å². The van der Waals surface area contributed by atoms with E-state index in [2.05, 4.69) is 51.2 Å². The average Bonchev–Trinajstić information content (AvgIpc) is 3.26. The predicted molar refractivity (Wildman–Crippen MR) is 105 cm³/mol. The molecule has 0 atom stereocenters. The molecule has 4 heteroatoms. The first kappa shape index (κ1) is 17.8. The predicted octanol–water partition coefficient (Wildman–Crippen LogP) is 4.07. The van der Waals surface area contributed by atoms with Crippen molar-refractivity contribution in [3.05, 3.63) is 67.5 Å². The van der Waals surface area contributed by atoms with Crippen LogP contribution in [0.1, 0.15) is 44.9 Å². The Kier molecular flexibility index (Phi) is 5.83. The summed E-state index contributed by atoms with van der Waals surface area (Å²) in [5, 5.41) is 0. The quantitative estimate of drug-likeness (QED) is 0.470. The summed E-state index contributed by atoms with van der Waals surface area (Å²) in [7, 11) is 0. The van der Waals surface area contributed by atoms with Crippen molar-refractivity contribution < 1.29 is 9.13 Å². The van der Waals surface area contributed by atoms with Crippen molar-refractivity contribution in [1.82, 2.24) is 9.97 Å². The largest absolute Gasteiger partial charge is 0.437 e. The number of pyridine rings is 2. The highest BCUT2D eigenvalue weighted by molar-refractivity contribution is 5.61. The lowest BCUT2D eigenvalue weighted by Gasteiger charge is -2.07. The summed E-state index contributed by atoms with van der Waals surface area (Å²) >= 11 is 0. The molecule has 0 amide bonds. The van der Waals surface area contributed by atoms with Crippen LogP contribution in [0.4, 0.5) is 0 Å². The smallest absolute Gasteiger partial charge is 0.206 e. The third kappa shape index (κ3) is 4.76. The van der Waals surface area contributed by atoms with Crippen LogP contribution >= 0.6 is 0 Å². The summed E-state index contributed by atoms with van der Waals surface area (Å²) in [5.41, 5.74) is 2.44. The molecule has 4 rings (SSSR count). The summed E-state index contributed by atoms with van der Waals surface area (Å²) in [6, 6.07) is 10.5. The van der Waals surface area contributed by atoms with Crippen LogP contribution in [0.2, 0.25) is 0 Å². The van der Waals surface area contributed by atoms with Gasteiger partial charge in [-0.25, -0.2) is 9.13 Å². The van der Waals surface area contributed by atoms with Crippen molar-refractivity contribution >= 4 is 0 Å². The zero-order valence-electron chi connectivity index (χ0n) is 15.9. The van der Waals surface area contributed by atoms with Gasteiger partial charge in [-0.2, -0.15) is 0 Å². The Balaban J connectivity index is 1.31. The van der Waals surface area contributed by atoms with Crippen LogP contribution in [0, 0.1) is 5.92 Å². The van der Waals surface area contributed by atoms with Gasteiger partial charge in [-0.3, -0.25) is 0 Å². The van der Waals surface area contributed by atoms with E-state index < -0.39 is 0 Å². The van der Waals surface area contributed by atoms with Crippen molar-refractivity contribution in [3.8, 4) is 17.1 Å². The normalized spacial score (nSPS) is 14.5. The summed E-state index contributed by atoms with van der Waals surface area (Å²) in [4.78, 5) is 8.54. The number of hydrogen-bond donors (Lipinski definition) is 0. The molecule has 1 saturated carbocycles. The zero-order chi connectivity index (χ0) is 18.3. The van der Waals surface area contributed by atoms with Crippen molar-refractivity contribution in [2.45, 2.75) is 51.5 Å². The molecule has 3 aromatic heterocycles. The van der Waals surface area contributed by atoms with E-state index in [0.29, 0.717) is 5.95 Å². The Bertz CT molecular complexity index is 823. The highest BCUT2D eigenvalue weighted by atomic mass is 15.1. The van der Waals surface area contributed by atoms with Crippen LogP contribution in [0.25, 0.3) is 17.1 Å². The van der Waals surface area contributed by atoms with Crippen LogP contribution in [0.3, 0.4) is 0 Å². The first-order valence-electron chi connectivity index (χ1n) is 10.2. The first-order chi connectivity index (χ1) is 13.4. The Morgan fingerprint density at radius 3 is 2.11 bits per heavy atom. The monoisotopic (exact) mass is 360 g/mol. The molecule has 0 saturated heterocycles. The van der Waals surface area contributed by atoms with Crippen LogP contribution in [-0.2, 0) is 6.54 Å². The molecule has 1 aliphatic carbocycles. The number of unbranched alkanes of at least 4 members (excludes halogenated alkanes) is 1. The number of rotatable bonds is 7. The Morgan fingerprint density at radius 2 is 1.44 bits per heavy atom. The lowest BCUT2D eigenvalue weighted by atomic mass is 10.0. The van der Waals surface area contributed by atoms with Gasteiger partial charge in [0.25, 0.3) is 0 Å². The minimum Gasteiger partial charge on any atom is -0.206 e. The highest BCUT2D eigenvalue weighted by Crippen LogP contribution is 2.28. The molecule has 1 fully saturated rings. The van der Waals surface area contributed by atoms with Crippen molar-refractivity contribution in [1.29, 1.82) is 0 Å². The van der Waals surface area contributed by atoms with Gasteiger partial charge < -0.3 is 0 Å². The molecule has 0 aliphatic heterocycles. The molecule has 3 aromatic rings. The maximum absolute atomic E-state index is 4.27. The minimum absolute atomic E-state index is 0.688. The third-order valence-corrected chi connectivity index (χ3v) is 5.59. The van der Waals surface area contributed by atoms with Crippen LogP contribution in [0.5, 0.6) is 0 Å². The lowest BCUT2D eigenvalue weighted by Crippen LogP contribution is -2.32. The van der Waals surface area contributed by atoms with Crippen LogP contribution in [0.15, 0.2) is 67.5 Å². The van der Waals surface area contributed by atoms with Crippen molar-refractivity contribution in [3.63, 3.8) is 0 Å². The van der Waals surface area contributed by atoms with Gasteiger partial charge in [-0.05, 0) is 35.6 Å². The van der Waals surface area contributed by atoms with E-state index in [1.807, 2.05) is 23.0 Å². The maximum Gasteiger partial charge on any atom is 0.437 e. The number of aromatic nitrogens is 4. The lowest BCUT2D eigenvalue weighted by molar-refractivity contribution is -0.697. The molecule has 0 aromatic carbocycles. The standard InChI is InChI=1S/C23H28N4/c1-2-7-20(6-1)8-3-4-15-26-16-9-21(10-17-26)22-11-18-27(19-12-22)23-24-13-5-14-25-23/h5,9-14,16-20H,1-4,6-8,15H2/q+2. The summed E-state index contributed by atoms with van der Waals surface area (Å²) < 4.78 is 4.23. The van der Waals surface area contributed by atoms with Gasteiger partial charge in [0, 0.05) is 24.6 Å². The van der Waals surface area contributed by atoms with Gasteiger partial charge in [0.2, 0.25) is 0 Å². The molecule has 4 nitrogen and oxygen atoms in total. The van der Waals surface area contributed by atoms with Crippen LogP contribution < -0.4 is 9.13 Å². The van der Waals surface area contributed by atoms with Gasteiger partial charge >= 0.3 is 5.95 Å². The molecule has 3 heterocycles. The molecule has 27 heavy (non-hydrogen) atoms. The van der Waals surface area contributed by atoms with Gasteiger partial charge in [0.15, 0.2) is 12.4 Å². The fraction of sp³-hybridized carbons (Fsp3) is 0.391. The molecular weight excluding hydrogens is 332 g/mol. The molecule has 0 spiro atoms. The van der Waals surface area contributed by atoms with Crippen molar-refractivity contribution in [2.24, 2.45) is 5.92 Å². The maximum atomic E-state index is 4.27. The fourth-order valence-corrected chi connectivity index (χ4v) is 4.00. The number of aryl methyl sites for hydroxylation is 1. The minimum atomic E-state index is 0.688. The molecule has 1 aliphatic rings. The Labute approximate surface area is 161 Å². The van der Waals surface area contributed by atoms with Gasteiger partial charge in [-0.15, -0.1) is 0 Å². The molecular formula is C23H28N4+2. The van der Waals surface area contributed by atoms with Gasteiger partial charge in [-0.1, -0.05) is 42.1 Å². The highest BCUT2D eigenvalue weighted by Gasteiger charge is 2.14. The summed E-state index contributed by atoms with van der Waals surface area (Å²) in [6.07, 6.45) is 21.8. The molecule has 138 valence electrons. The van der Waals surface area contributed by atoms with Crippen LogP contribution in [-0.4, -0.2) is 9.97 Å². The number of hydrogen-bond acceptors (Lipinski definition) is 2. The molecule has 0 unspecified atom stereocenters. The van der Waals surface area contributed by atoms with E-state index in [-0.39, 0.29) is 0 Å². The first-order valence-corrected chi connectivity index (χ1v) is 10.2. The summed E-state index contributed by atoms with van der Waals surface area (Å²) in [5.74, 6) is 1.70. The van der Waals surface area contributed by atoms with E-state index in [0.717, 1.165) is 12.5 Å². The van der Waals surface area contributed by atoms with E-state index >= 15 is 0 Å². The third-order valence-electron chi connectivity index (χ3n) is 5.59. The second-order valence-electron chi connectivity index (χ2n) is 7.51. The van der Waals surface area contributed by atoms with Crippen molar-refractivity contribution in [2.75, 3.05) is 0 Å². The van der Waals surface area contributed by atoms with Gasteiger partial charge in [0.05, 0.1) is 12.4 Å². The Hall–Kier alpha value is -2.62. The zero-order valence-corrected chi connectivity index (χ0v) is 15.9. The SMILES string of the molecule is c1cnc(-[n+]2ccc(-c3cc[n+](CCCCC4CCCC4)cc3)cc2)nc1. The van der Waals surface area contributed by atoms with E-state index in [4.69, 9.17) is 0 Å². The molecule has 0 N–H and O–H groups in total. The fourth-order valence-electron chi connectivity index (χ4n) is 4.00. The Morgan fingerprint density at radius 1 is 0.815 bits per heavy atom. The topological polar surface area (TPSA) is 33.5 Å². The number of nitrogens with zero attached hydrogens (tertiary/aromatic N) is 4. The summed E-state index contributed by atoms with van der Waals surface area (Å²) in [6.45, 7) is 1.12. The van der Waals surface area contributed by atoms with E-state index in [1.54, 1.807) is 12.4 Å². The second kappa shape index (κ2) is 8.85. The average molecular weight is 361 g/mol. The second-order valence-corrected chi connectivity index (χ2v) is 7.51. The van der Waals surface area contributed by atoms with Gasteiger partial charge in [0.1, 0.15) is 18.9 Å². The molecule has 0 bridgehead atoms. The molecule has 0 radical (unpaired) electrons.